The van der Waals surface area contributed by atoms with E-state index in [0.717, 1.165) is 25.7 Å². The third-order valence-electron chi connectivity index (χ3n) is 9.22. The molecule has 6 atom stereocenters. The quantitative estimate of drug-likeness (QED) is 0.406. The van der Waals surface area contributed by atoms with Crippen LogP contribution in [0.2, 0.25) is 0 Å². The molecule has 0 bridgehead atoms. The smallest absolute Gasteiger partial charge is 0.313 e. The van der Waals surface area contributed by atoms with E-state index in [1.54, 1.807) is 0 Å². The van der Waals surface area contributed by atoms with Crippen molar-refractivity contribution in [3.63, 3.8) is 0 Å². The standard InChI is InChI=1S/C25H32O5/c1-5-24(27)9-7-19-20-17(21(26)28-4)14-16-15-25(29-12-13-30-25)11-10-22(16,2)18(20)6-8-23(19,24)3/h1,6,14,17,19-20,27H,7-13,15H2,2-4H3/t17-,19?,20-,22+,23+,24?/m1/s1. The Hall–Kier alpha value is -1.61. The van der Waals surface area contributed by atoms with Crippen LogP contribution >= 0.6 is 0 Å². The van der Waals surface area contributed by atoms with Crippen molar-refractivity contribution in [2.75, 3.05) is 20.3 Å². The normalized spacial score (nSPS) is 46.2. The molecule has 1 N–H and O–H groups in total. The van der Waals surface area contributed by atoms with E-state index in [1.165, 1.54) is 18.3 Å². The third-order valence-corrected chi connectivity index (χ3v) is 9.22. The highest BCUT2D eigenvalue weighted by Gasteiger charge is 2.64. The summed E-state index contributed by atoms with van der Waals surface area (Å²) in [6, 6.07) is 0. The number of ether oxygens (including phenoxy) is 3. The molecule has 5 aliphatic rings. The lowest BCUT2D eigenvalue weighted by Crippen LogP contribution is -2.54. The van der Waals surface area contributed by atoms with Gasteiger partial charge in [-0.05, 0) is 31.6 Å². The number of terminal acetylenes is 1. The van der Waals surface area contributed by atoms with Crippen LogP contribution in [-0.4, -0.2) is 42.8 Å². The summed E-state index contributed by atoms with van der Waals surface area (Å²) in [5.41, 5.74) is 0.869. The maximum atomic E-state index is 13.0. The van der Waals surface area contributed by atoms with Gasteiger partial charge < -0.3 is 19.3 Å². The lowest BCUT2D eigenvalue weighted by Gasteiger charge is -2.56. The Bertz CT molecular complexity index is 874. The maximum absolute atomic E-state index is 13.0. The van der Waals surface area contributed by atoms with Crippen molar-refractivity contribution >= 4 is 5.97 Å². The average Bonchev–Trinajstić information content (AvgIpc) is 3.30. The summed E-state index contributed by atoms with van der Waals surface area (Å²) in [7, 11) is 1.46. The van der Waals surface area contributed by atoms with Gasteiger partial charge in [-0.25, -0.2) is 0 Å². The van der Waals surface area contributed by atoms with E-state index in [1.807, 2.05) is 0 Å². The number of carbonyl (C=O) groups is 1. The van der Waals surface area contributed by atoms with Crippen LogP contribution in [0, 0.1) is 40.9 Å². The SMILES string of the molecule is C#CC1(O)CCC2[C@H]3C(=CC[C@@]21C)[C@@]1(C)CCC2(CC1=C[C@H]3C(=O)OC)OCCO2. The van der Waals surface area contributed by atoms with Crippen molar-refractivity contribution in [1.82, 2.24) is 0 Å². The van der Waals surface area contributed by atoms with Gasteiger partial charge in [-0.1, -0.05) is 43.1 Å². The number of aliphatic hydroxyl groups is 1. The highest BCUT2D eigenvalue weighted by atomic mass is 16.7. The summed E-state index contributed by atoms with van der Waals surface area (Å²) in [4.78, 5) is 13.0. The van der Waals surface area contributed by atoms with E-state index in [0.29, 0.717) is 26.1 Å². The summed E-state index contributed by atoms with van der Waals surface area (Å²) in [5, 5.41) is 11.2. The second kappa shape index (κ2) is 6.45. The zero-order chi connectivity index (χ0) is 21.4. The van der Waals surface area contributed by atoms with Gasteiger partial charge in [0.2, 0.25) is 0 Å². The Morgan fingerprint density at radius 1 is 1.27 bits per heavy atom. The molecule has 1 saturated heterocycles. The van der Waals surface area contributed by atoms with Crippen LogP contribution in [0.1, 0.15) is 52.4 Å². The van der Waals surface area contributed by atoms with Crippen LogP contribution in [0.5, 0.6) is 0 Å². The summed E-state index contributed by atoms with van der Waals surface area (Å²) in [6.45, 7) is 5.66. The molecule has 1 spiro atoms. The molecule has 0 aromatic carbocycles. The molecular weight excluding hydrogens is 380 g/mol. The van der Waals surface area contributed by atoms with Gasteiger partial charge in [0.25, 0.3) is 0 Å². The van der Waals surface area contributed by atoms with Crippen LogP contribution in [-0.2, 0) is 19.0 Å². The monoisotopic (exact) mass is 412 g/mol. The lowest BCUT2D eigenvalue weighted by molar-refractivity contribution is -0.177. The Balaban J connectivity index is 1.61. The van der Waals surface area contributed by atoms with E-state index in [4.69, 9.17) is 20.6 Å². The molecule has 5 nitrogen and oxygen atoms in total. The zero-order valence-corrected chi connectivity index (χ0v) is 18.2. The lowest BCUT2D eigenvalue weighted by atomic mass is 9.49. The first-order chi connectivity index (χ1) is 14.2. The first-order valence-corrected chi connectivity index (χ1v) is 11.2. The fourth-order valence-electron chi connectivity index (χ4n) is 7.28. The number of methoxy groups -OCH3 is 1. The van der Waals surface area contributed by atoms with Crippen molar-refractivity contribution < 1.29 is 24.1 Å². The van der Waals surface area contributed by atoms with Gasteiger partial charge in [0.1, 0.15) is 5.60 Å². The highest BCUT2D eigenvalue weighted by molar-refractivity contribution is 5.77. The van der Waals surface area contributed by atoms with Crippen LogP contribution in [0.15, 0.2) is 23.3 Å². The molecule has 2 unspecified atom stereocenters. The average molecular weight is 413 g/mol. The van der Waals surface area contributed by atoms with Crippen molar-refractivity contribution in [2.45, 2.75) is 63.8 Å². The fourth-order valence-corrected chi connectivity index (χ4v) is 7.28. The molecule has 0 aromatic heterocycles. The van der Waals surface area contributed by atoms with Gasteiger partial charge in [-0.15, -0.1) is 6.42 Å². The molecule has 5 rings (SSSR count). The topological polar surface area (TPSA) is 65.0 Å². The molecule has 0 amide bonds. The van der Waals surface area contributed by atoms with Crippen LogP contribution in [0.25, 0.3) is 0 Å². The Labute approximate surface area is 178 Å². The van der Waals surface area contributed by atoms with Crippen LogP contribution in [0.4, 0.5) is 0 Å². The van der Waals surface area contributed by atoms with Crippen molar-refractivity contribution in [1.29, 1.82) is 0 Å². The summed E-state index contributed by atoms with van der Waals surface area (Å²) >= 11 is 0. The predicted molar refractivity (Wildman–Crippen MR) is 111 cm³/mol. The van der Waals surface area contributed by atoms with E-state index in [9.17, 15) is 9.90 Å². The van der Waals surface area contributed by atoms with Gasteiger partial charge in [0.05, 0.1) is 26.2 Å². The number of carbonyl (C=O) groups excluding carboxylic acids is 1. The minimum Gasteiger partial charge on any atom is -0.469 e. The third kappa shape index (κ3) is 2.45. The zero-order valence-electron chi connectivity index (χ0n) is 18.2. The minimum absolute atomic E-state index is 0.00629. The number of allylic oxidation sites excluding steroid dienone is 2. The molecular formula is C25H32O5. The van der Waals surface area contributed by atoms with Gasteiger partial charge >= 0.3 is 5.97 Å². The maximum Gasteiger partial charge on any atom is 0.313 e. The number of hydrogen-bond acceptors (Lipinski definition) is 5. The number of fused-ring (bicyclic) bond motifs is 5. The number of rotatable bonds is 1. The van der Waals surface area contributed by atoms with E-state index in [2.05, 4.69) is 31.9 Å². The van der Waals surface area contributed by atoms with Gasteiger partial charge in [0, 0.05) is 29.6 Å². The first kappa shape index (κ1) is 20.3. The van der Waals surface area contributed by atoms with Crippen molar-refractivity contribution in [2.24, 2.45) is 28.6 Å². The molecule has 3 fully saturated rings. The van der Waals surface area contributed by atoms with Crippen molar-refractivity contribution in [3.05, 3.63) is 23.3 Å². The Morgan fingerprint density at radius 3 is 2.67 bits per heavy atom. The van der Waals surface area contributed by atoms with Crippen LogP contribution < -0.4 is 0 Å². The Kier molecular flexibility index (Phi) is 4.36. The van der Waals surface area contributed by atoms with Gasteiger partial charge in [0.15, 0.2) is 5.79 Å². The molecule has 4 aliphatic carbocycles. The van der Waals surface area contributed by atoms with Gasteiger partial charge in [-0.2, -0.15) is 0 Å². The van der Waals surface area contributed by atoms with Gasteiger partial charge in [-0.3, -0.25) is 4.79 Å². The molecule has 162 valence electrons. The largest absolute Gasteiger partial charge is 0.469 e. The second-order valence-corrected chi connectivity index (χ2v) is 10.3. The van der Waals surface area contributed by atoms with E-state index < -0.39 is 16.8 Å². The molecule has 1 aliphatic heterocycles. The minimum atomic E-state index is -1.13. The molecule has 0 radical (unpaired) electrons. The number of esters is 1. The predicted octanol–water partition coefficient (Wildman–Crippen LogP) is 3.38. The summed E-state index contributed by atoms with van der Waals surface area (Å²) < 4.78 is 17.3. The summed E-state index contributed by atoms with van der Waals surface area (Å²) in [6.07, 6.45) is 14.8. The molecule has 5 heteroatoms. The number of hydrogen-bond donors (Lipinski definition) is 1. The molecule has 30 heavy (non-hydrogen) atoms. The second-order valence-electron chi connectivity index (χ2n) is 10.3. The molecule has 0 aromatic rings. The van der Waals surface area contributed by atoms with E-state index in [-0.39, 0.29) is 29.1 Å². The fraction of sp³-hybridized carbons (Fsp3) is 0.720. The summed E-state index contributed by atoms with van der Waals surface area (Å²) in [5.74, 6) is 1.72. The highest BCUT2D eigenvalue weighted by Crippen LogP contribution is 2.67. The molecule has 1 heterocycles. The molecule has 2 saturated carbocycles. The van der Waals surface area contributed by atoms with E-state index >= 15 is 0 Å². The first-order valence-electron chi connectivity index (χ1n) is 11.2. The Morgan fingerprint density at radius 2 is 2.00 bits per heavy atom. The van der Waals surface area contributed by atoms with Crippen molar-refractivity contribution in [3.8, 4) is 12.3 Å². The van der Waals surface area contributed by atoms with Crippen LogP contribution in [0.3, 0.4) is 0 Å².